The Bertz CT molecular complexity index is 394. The summed E-state index contributed by atoms with van der Waals surface area (Å²) in [5.41, 5.74) is 1.11. The summed E-state index contributed by atoms with van der Waals surface area (Å²) in [5, 5.41) is 4.49. The van der Waals surface area contributed by atoms with Crippen molar-refractivity contribution in [2.24, 2.45) is 0 Å². The van der Waals surface area contributed by atoms with E-state index < -0.39 is 8.32 Å². The van der Waals surface area contributed by atoms with E-state index in [0.717, 1.165) is 18.7 Å². The van der Waals surface area contributed by atoms with E-state index in [9.17, 15) is 0 Å². The summed E-state index contributed by atoms with van der Waals surface area (Å²) in [6.45, 7) is 12.1. The summed E-state index contributed by atoms with van der Waals surface area (Å²) < 4.78 is 8.03. The van der Waals surface area contributed by atoms with Gasteiger partial charge in [0.1, 0.15) is 0 Å². The molecule has 0 N–H and O–H groups in total. The molecule has 0 saturated heterocycles. The van der Waals surface area contributed by atoms with E-state index in [1.807, 2.05) is 21.9 Å². The molecule has 0 radical (unpaired) electrons. The van der Waals surface area contributed by atoms with Crippen LogP contribution in [0.25, 0.3) is 5.70 Å². The van der Waals surface area contributed by atoms with E-state index in [2.05, 4.69) is 54.9 Å². The molecule has 1 aromatic rings. The Balaban J connectivity index is 2.52. The lowest BCUT2D eigenvalue weighted by atomic mass is 10.2. The average molecular weight is 331 g/mol. The van der Waals surface area contributed by atoms with Crippen LogP contribution in [0.5, 0.6) is 0 Å². The van der Waals surface area contributed by atoms with Crippen molar-refractivity contribution in [3.63, 3.8) is 0 Å². The van der Waals surface area contributed by atoms with Crippen molar-refractivity contribution >= 4 is 29.9 Å². The molecule has 5 heteroatoms. The quantitative estimate of drug-likeness (QED) is 0.744. The molecule has 0 atom stereocenters. The summed E-state index contributed by atoms with van der Waals surface area (Å²) in [5.74, 6) is 0. The topological polar surface area (TPSA) is 27.1 Å². The van der Waals surface area contributed by atoms with Gasteiger partial charge in [0, 0.05) is 30.4 Å². The third kappa shape index (κ3) is 4.07. The fraction of sp³-hybridized carbons (Fsp3) is 0.615. The molecule has 0 saturated carbocycles. The van der Waals surface area contributed by atoms with Crippen LogP contribution in [0.3, 0.4) is 0 Å². The molecule has 0 unspecified atom stereocenters. The van der Waals surface area contributed by atoms with Gasteiger partial charge in [0.25, 0.3) is 0 Å². The predicted molar refractivity (Wildman–Crippen MR) is 83.2 cm³/mol. The van der Waals surface area contributed by atoms with E-state index >= 15 is 0 Å². The van der Waals surface area contributed by atoms with Crippen LogP contribution in [0.1, 0.15) is 27.2 Å². The Morgan fingerprint density at radius 3 is 2.56 bits per heavy atom. The first kappa shape index (κ1) is 15.7. The first-order chi connectivity index (χ1) is 8.28. The molecule has 0 amide bonds. The first-order valence-electron chi connectivity index (χ1n) is 6.21. The number of halogens is 1. The smallest absolute Gasteiger partial charge is 0.191 e. The molecular weight excluding hydrogens is 308 g/mol. The molecule has 0 aliphatic rings. The van der Waals surface area contributed by atoms with E-state index in [1.54, 1.807) is 6.20 Å². The van der Waals surface area contributed by atoms with Gasteiger partial charge < -0.3 is 4.43 Å². The third-order valence-electron chi connectivity index (χ3n) is 3.55. The lowest BCUT2D eigenvalue weighted by molar-refractivity contribution is 0.294. The van der Waals surface area contributed by atoms with Crippen LogP contribution in [-0.4, -0.2) is 24.7 Å². The molecule has 1 aromatic heterocycles. The molecular formula is C13H23BrN2OSi. The van der Waals surface area contributed by atoms with Crippen molar-refractivity contribution in [3.8, 4) is 0 Å². The minimum Gasteiger partial charge on any atom is -0.416 e. The van der Waals surface area contributed by atoms with E-state index in [4.69, 9.17) is 4.43 Å². The second-order valence-corrected chi connectivity index (χ2v) is 11.2. The number of hydrogen-bond acceptors (Lipinski definition) is 2. The molecule has 1 rings (SSSR count). The molecule has 18 heavy (non-hydrogen) atoms. The van der Waals surface area contributed by atoms with Crippen LogP contribution < -0.4 is 0 Å². The molecule has 0 aliphatic carbocycles. The largest absolute Gasteiger partial charge is 0.416 e. The molecule has 0 aliphatic heterocycles. The van der Waals surface area contributed by atoms with Gasteiger partial charge in [-0.1, -0.05) is 36.7 Å². The zero-order chi connectivity index (χ0) is 13.8. The zero-order valence-corrected chi connectivity index (χ0v) is 14.5. The van der Waals surface area contributed by atoms with Gasteiger partial charge >= 0.3 is 0 Å². The van der Waals surface area contributed by atoms with E-state index in [-0.39, 0.29) is 5.04 Å². The molecule has 0 spiro atoms. The summed E-state index contributed by atoms with van der Waals surface area (Å²) >= 11 is 3.39. The lowest BCUT2D eigenvalue weighted by Gasteiger charge is -2.36. The van der Waals surface area contributed by atoms with Gasteiger partial charge in [0.2, 0.25) is 0 Å². The number of nitrogens with zero attached hydrogens (tertiary/aromatic N) is 2. The van der Waals surface area contributed by atoms with E-state index in [1.165, 1.54) is 0 Å². The minimum absolute atomic E-state index is 0.261. The maximum absolute atomic E-state index is 6.16. The molecule has 0 aromatic carbocycles. The van der Waals surface area contributed by atoms with Crippen LogP contribution in [0, 0.1) is 0 Å². The summed E-state index contributed by atoms with van der Waals surface area (Å²) in [6.07, 6.45) is 4.59. The van der Waals surface area contributed by atoms with E-state index in [0.29, 0.717) is 0 Å². The molecule has 102 valence electrons. The van der Waals surface area contributed by atoms with Gasteiger partial charge in [-0.2, -0.15) is 5.10 Å². The second-order valence-electron chi connectivity index (χ2n) is 5.91. The number of rotatable bonds is 5. The van der Waals surface area contributed by atoms with Gasteiger partial charge in [-0.25, -0.2) is 4.68 Å². The van der Waals surface area contributed by atoms with Crippen molar-refractivity contribution in [2.45, 2.75) is 45.3 Å². The molecule has 1 heterocycles. The Labute approximate surface area is 119 Å². The third-order valence-corrected chi connectivity index (χ3v) is 8.62. The minimum atomic E-state index is -1.64. The summed E-state index contributed by atoms with van der Waals surface area (Å²) in [4.78, 5) is 1.91. The van der Waals surface area contributed by atoms with Gasteiger partial charge in [0.05, 0.1) is 5.70 Å². The van der Waals surface area contributed by atoms with Gasteiger partial charge in [-0.15, -0.1) is 0 Å². The lowest BCUT2D eigenvalue weighted by Crippen LogP contribution is -2.41. The van der Waals surface area contributed by atoms with Crippen molar-refractivity contribution in [1.82, 2.24) is 9.78 Å². The first-order valence-corrected chi connectivity index (χ1v) is 10.0. The molecule has 0 fully saturated rings. The maximum atomic E-state index is 6.16. The summed E-state index contributed by atoms with van der Waals surface area (Å²) in [6, 6.07) is 1.92. The van der Waals surface area contributed by atoms with Gasteiger partial charge in [-0.05, 0) is 24.2 Å². The highest BCUT2D eigenvalue weighted by Crippen LogP contribution is 2.36. The monoisotopic (exact) mass is 330 g/mol. The van der Waals surface area contributed by atoms with Gasteiger partial charge in [-0.3, -0.25) is 0 Å². The number of hydrogen-bond donors (Lipinski definition) is 0. The fourth-order valence-corrected chi connectivity index (χ4v) is 2.77. The Morgan fingerprint density at radius 2 is 2.11 bits per heavy atom. The van der Waals surface area contributed by atoms with Crippen LogP contribution >= 0.6 is 15.9 Å². The van der Waals surface area contributed by atoms with Crippen LogP contribution in [0.4, 0.5) is 0 Å². The highest BCUT2D eigenvalue weighted by Gasteiger charge is 2.36. The highest BCUT2D eigenvalue weighted by atomic mass is 79.9. The molecule has 3 nitrogen and oxygen atoms in total. The van der Waals surface area contributed by atoms with Crippen molar-refractivity contribution in [1.29, 1.82) is 0 Å². The van der Waals surface area contributed by atoms with Crippen molar-refractivity contribution < 1.29 is 4.43 Å². The SMILES string of the molecule is CC(C)(C)[Si](C)(C)OCC/C(=C/Br)n1cccn1. The van der Waals surface area contributed by atoms with Crippen molar-refractivity contribution in [3.05, 3.63) is 23.4 Å². The predicted octanol–water partition coefficient (Wildman–Crippen LogP) is 4.49. The Hall–Kier alpha value is -0.393. The van der Waals surface area contributed by atoms with Gasteiger partial charge in [0.15, 0.2) is 8.32 Å². The highest BCUT2D eigenvalue weighted by molar-refractivity contribution is 9.11. The van der Waals surface area contributed by atoms with Crippen LogP contribution in [0.15, 0.2) is 23.4 Å². The zero-order valence-electron chi connectivity index (χ0n) is 11.9. The van der Waals surface area contributed by atoms with Crippen LogP contribution in [-0.2, 0) is 4.43 Å². The fourth-order valence-electron chi connectivity index (χ4n) is 1.29. The molecule has 0 bridgehead atoms. The normalized spacial score (nSPS) is 14.0. The summed E-state index contributed by atoms with van der Waals surface area (Å²) in [7, 11) is -1.64. The van der Waals surface area contributed by atoms with Crippen LogP contribution in [0.2, 0.25) is 18.1 Å². The maximum Gasteiger partial charge on any atom is 0.191 e. The number of aromatic nitrogens is 2. The standard InChI is InChI=1S/C13H23BrN2OSi/c1-13(2,3)18(4,5)17-10-7-12(11-14)16-9-6-8-15-16/h6,8-9,11H,7,10H2,1-5H3/b12-11-. The second kappa shape index (κ2) is 6.17. The Morgan fingerprint density at radius 1 is 1.44 bits per heavy atom. The van der Waals surface area contributed by atoms with Crippen molar-refractivity contribution in [2.75, 3.05) is 6.61 Å². The average Bonchev–Trinajstić information content (AvgIpc) is 2.76. The Kier molecular flexibility index (Phi) is 5.37.